The number of halogens is 5. The standard InChI is InChI=1S/C22H18Cl2N4O2S2.C16H13Cl3N4O2S.C6H6S.CH4/c1-28-22(25-26-27-28)31-12-15-16(23)11-10-14(20(15)24)21(30)19-17(29)8-5-9-18(19)32-13-6-3-2-4-7-13;1-23-16(20-21-22-23)26-7-9-10(17)6-5-8(14(9)19)15(25)13-11(18)3-2-4-12(13)24;7-6-4-2-1-3-5-6;/h2-4,6-7,10-11H,5,8-9,12H2,1H3;5-6H,2-4,7H2,1H3;1-5,7H;1H4. The number of thiol groups is 1. The summed E-state index contributed by atoms with van der Waals surface area (Å²) in [7, 11) is 3.45. The van der Waals surface area contributed by atoms with Crippen LogP contribution in [-0.4, -0.2) is 63.5 Å². The average Bonchev–Trinajstić information content (AvgIpc) is 3.90. The maximum Gasteiger partial charge on any atom is 0.209 e. The molecule has 0 aliphatic heterocycles. The van der Waals surface area contributed by atoms with Crippen molar-refractivity contribution in [3.8, 4) is 0 Å². The summed E-state index contributed by atoms with van der Waals surface area (Å²) < 4.78 is 3.06. The van der Waals surface area contributed by atoms with Gasteiger partial charge in [0, 0.05) is 90.5 Å². The van der Waals surface area contributed by atoms with E-state index in [4.69, 9.17) is 58.0 Å². The summed E-state index contributed by atoms with van der Waals surface area (Å²) in [4.78, 5) is 54.1. The first-order valence-corrected chi connectivity index (χ1v) is 24.8. The number of hydrogen-bond donors (Lipinski definition) is 1. The van der Waals surface area contributed by atoms with Crippen molar-refractivity contribution in [2.75, 3.05) is 0 Å². The number of carbonyl (C=O) groups is 4. The van der Waals surface area contributed by atoms with Gasteiger partial charge in [0.15, 0.2) is 23.1 Å². The molecule has 0 unspecified atom stereocenters. The molecule has 0 amide bonds. The van der Waals surface area contributed by atoms with Gasteiger partial charge in [-0.2, -0.15) is 0 Å². The van der Waals surface area contributed by atoms with Crippen LogP contribution in [0.3, 0.4) is 0 Å². The van der Waals surface area contributed by atoms with E-state index in [2.05, 4.69) is 43.7 Å². The van der Waals surface area contributed by atoms with Crippen LogP contribution in [0, 0.1) is 0 Å². The van der Waals surface area contributed by atoms with Gasteiger partial charge in [-0.1, -0.05) is 137 Å². The molecule has 2 heterocycles. The Morgan fingerprint density at radius 1 is 0.621 bits per heavy atom. The molecule has 344 valence electrons. The van der Waals surface area contributed by atoms with Crippen molar-refractivity contribution in [2.24, 2.45) is 14.1 Å². The molecule has 0 spiro atoms. The SMILES string of the molecule is C.Cn1nnnc1SCc1c(Cl)ccc(C(=O)C2=C(Cl)CCCC2=O)c1Cl.Cn1nnnc1SCc1c(Cl)ccc(C(=O)C2=C(Sc3ccccc3)CCCC2=O)c1Cl.Sc1ccccc1. The zero-order chi connectivity index (χ0) is 46.6. The third-order valence-electron chi connectivity index (χ3n) is 9.63. The fraction of sp³-hybridized carbons (Fsp3) is 0.244. The van der Waals surface area contributed by atoms with Crippen molar-refractivity contribution in [2.45, 2.75) is 77.6 Å². The number of nitrogens with zero attached hydrogens (tertiary/aromatic N) is 8. The van der Waals surface area contributed by atoms with E-state index in [0.717, 1.165) is 21.1 Å². The summed E-state index contributed by atoms with van der Waals surface area (Å²) >= 11 is 40.1. The maximum absolute atomic E-state index is 13.5. The molecular formula is C45H41Cl5N8O4S4. The number of rotatable bonds is 12. The van der Waals surface area contributed by atoms with Gasteiger partial charge in [0.25, 0.3) is 0 Å². The second kappa shape index (κ2) is 25.4. The van der Waals surface area contributed by atoms with Crippen LogP contribution in [0.4, 0.5) is 0 Å². The van der Waals surface area contributed by atoms with Gasteiger partial charge in [-0.05, 0) is 95.1 Å². The lowest BCUT2D eigenvalue weighted by Crippen LogP contribution is -2.19. The Bertz CT molecular complexity index is 2790. The van der Waals surface area contributed by atoms with Crippen LogP contribution in [-0.2, 0) is 35.2 Å². The summed E-state index contributed by atoms with van der Waals surface area (Å²) in [6.07, 6.45) is 3.24. The van der Waals surface area contributed by atoms with Gasteiger partial charge in [0.2, 0.25) is 10.3 Å². The highest BCUT2D eigenvalue weighted by Crippen LogP contribution is 2.40. The van der Waals surface area contributed by atoms with Crippen LogP contribution in [0.5, 0.6) is 0 Å². The van der Waals surface area contributed by atoms with Crippen molar-refractivity contribution in [1.29, 1.82) is 0 Å². The number of tetrazole rings is 2. The van der Waals surface area contributed by atoms with Crippen LogP contribution < -0.4 is 0 Å². The van der Waals surface area contributed by atoms with Gasteiger partial charge < -0.3 is 0 Å². The monoisotopic (exact) mass is 1060 g/mol. The van der Waals surface area contributed by atoms with Crippen molar-refractivity contribution in [1.82, 2.24) is 40.4 Å². The molecule has 0 bridgehead atoms. The highest BCUT2D eigenvalue weighted by molar-refractivity contribution is 8.03. The minimum Gasteiger partial charge on any atom is -0.294 e. The Kier molecular flexibility index (Phi) is 20.4. The van der Waals surface area contributed by atoms with E-state index >= 15 is 0 Å². The van der Waals surface area contributed by atoms with Crippen molar-refractivity contribution >= 4 is 129 Å². The van der Waals surface area contributed by atoms with Gasteiger partial charge >= 0.3 is 0 Å². The maximum atomic E-state index is 13.5. The Labute approximate surface area is 425 Å². The largest absolute Gasteiger partial charge is 0.294 e. The minimum absolute atomic E-state index is 0. The Morgan fingerprint density at radius 2 is 1.08 bits per heavy atom. The first-order valence-electron chi connectivity index (χ1n) is 19.6. The normalized spacial score (nSPS) is 13.6. The molecule has 2 aliphatic rings. The summed E-state index contributed by atoms with van der Waals surface area (Å²) in [5, 5.41) is 25.3. The van der Waals surface area contributed by atoms with Gasteiger partial charge in [-0.15, -0.1) is 22.8 Å². The molecule has 2 aliphatic carbocycles. The Balaban J connectivity index is 0.000000216. The number of aryl methyl sites for hydroxylation is 2. The van der Waals surface area contributed by atoms with Gasteiger partial charge in [0.05, 0.1) is 21.2 Å². The smallest absolute Gasteiger partial charge is 0.209 e. The molecule has 0 radical (unpaired) electrons. The molecule has 4 aromatic carbocycles. The lowest BCUT2D eigenvalue weighted by molar-refractivity contribution is -0.116. The van der Waals surface area contributed by atoms with Crippen molar-refractivity contribution in [3.63, 3.8) is 0 Å². The van der Waals surface area contributed by atoms with E-state index in [-0.39, 0.29) is 57.1 Å². The highest BCUT2D eigenvalue weighted by atomic mass is 35.5. The Hall–Kier alpha value is -3.97. The third-order valence-corrected chi connectivity index (χ3v) is 15.1. The molecule has 2 aromatic heterocycles. The van der Waals surface area contributed by atoms with Gasteiger partial charge in [0.1, 0.15) is 0 Å². The number of aromatic nitrogens is 8. The number of hydrogen-bond acceptors (Lipinski definition) is 14. The second-order valence-corrected chi connectivity index (χ2v) is 19.7. The van der Waals surface area contributed by atoms with Gasteiger partial charge in [-0.25, -0.2) is 9.36 Å². The van der Waals surface area contributed by atoms with Crippen LogP contribution in [0.15, 0.2) is 126 Å². The first kappa shape index (κ1) is 53.0. The predicted molar refractivity (Wildman–Crippen MR) is 269 cm³/mol. The predicted octanol–water partition coefficient (Wildman–Crippen LogP) is 12.6. The van der Waals surface area contributed by atoms with E-state index in [9.17, 15) is 19.2 Å². The van der Waals surface area contributed by atoms with Gasteiger partial charge in [-0.3, -0.25) is 19.2 Å². The van der Waals surface area contributed by atoms with Crippen LogP contribution in [0.2, 0.25) is 20.1 Å². The fourth-order valence-electron chi connectivity index (χ4n) is 6.32. The van der Waals surface area contributed by atoms with E-state index in [1.54, 1.807) is 37.0 Å². The third kappa shape index (κ3) is 13.6. The molecule has 0 saturated heterocycles. The average molecular weight is 1060 g/mol. The molecule has 66 heavy (non-hydrogen) atoms. The number of allylic oxidation sites excluding steroid dienone is 4. The zero-order valence-corrected chi connectivity index (χ0v) is 41.6. The number of thioether (sulfide) groups is 3. The molecule has 0 saturated carbocycles. The van der Waals surface area contributed by atoms with E-state index < -0.39 is 5.78 Å². The second-order valence-electron chi connectivity index (χ2n) is 14.1. The highest BCUT2D eigenvalue weighted by Gasteiger charge is 2.31. The Morgan fingerprint density at radius 3 is 1.52 bits per heavy atom. The van der Waals surface area contributed by atoms with Crippen LogP contribution in [0.1, 0.15) is 77.8 Å². The summed E-state index contributed by atoms with van der Waals surface area (Å²) in [5.74, 6) is -0.473. The fourth-order valence-corrected chi connectivity index (χ4v) is 11.2. The number of ketones is 4. The van der Waals surface area contributed by atoms with E-state index in [1.807, 2.05) is 60.7 Å². The topological polar surface area (TPSA) is 155 Å². The van der Waals surface area contributed by atoms with E-state index in [0.29, 0.717) is 80.1 Å². The first-order chi connectivity index (χ1) is 31.2. The van der Waals surface area contributed by atoms with Crippen molar-refractivity contribution in [3.05, 3.63) is 148 Å². The number of Topliss-reactive ketones (excluding diaryl/α,β-unsaturated/α-hetero) is 4. The molecule has 12 nitrogen and oxygen atoms in total. The molecule has 6 aromatic rings. The molecular weight excluding hydrogens is 1020 g/mol. The molecule has 0 atom stereocenters. The summed E-state index contributed by atoms with van der Waals surface area (Å²) in [5.41, 5.74) is 1.93. The van der Waals surface area contributed by atoms with Crippen LogP contribution >= 0.6 is 106 Å². The minimum atomic E-state index is -0.465. The molecule has 8 rings (SSSR count). The molecule has 21 heteroatoms. The zero-order valence-electron chi connectivity index (χ0n) is 34.5. The number of carbonyl (C=O) groups excluding carboxylic acids is 4. The van der Waals surface area contributed by atoms with Crippen LogP contribution in [0.25, 0.3) is 0 Å². The quantitative estimate of drug-likeness (QED) is 0.0535. The molecule has 0 fully saturated rings. The number of benzene rings is 4. The summed E-state index contributed by atoms with van der Waals surface area (Å²) in [6.45, 7) is 0. The van der Waals surface area contributed by atoms with E-state index in [1.165, 1.54) is 46.0 Å². The van der Waals surface area contributed by atoms with Crippen molar-refractivity contribution < 1.29 is 19.2 Å². The summed E-state index contributed by atoms with van der Waals surface area (Å²) in [6, 6.07) is 25.8. The lowest BCUT2D eigenvalue weighted by Gasteiger charge is -2.19. The molecule has 0 N–H and O–H groups in total. The lowest BCUT2D eigenvalue weighted by atomic mass is 9.91.